The van der Waals surface area contributed by atoms with Gasteiger partial charge in [-0.25, -0.2) is 4.79 Å². The van der Waals surface area contributed by atoms with Crippen molar-refractivity contribution in [3.05, 3.63) is 41.5 Å². The van der Waals surface area contributed by atoms with Crippen LogP contribution in [0, 0.1) is 0 Å². The molecule has 0 heterocycles. The summed E-state index contributed by atoms with van der Waals surface area (Å²) in [4.78, 5) is 11.5. The first-order valence-corrected chi connectivity index (χ1v) is 10.4. The zero-order chi connectivity index (χ0) is 20.4. The Morgan fingerprint density at radius 2 is 1.93 bits per heavy atom. The van der Waals surface area contributed by atoms with Crippen LogP contribution in [-0.4, -0.2) is 43.6 Å². The van der Waals surface area contributed by atoms with E-state index in [1.165, 1.54) is 11.1 Å². The van der Waals surface area contributed by atoms with E-state index in [1.807, 2.05) is 0 Å². The highest BCUT2D eigenvalue weighted by molar-refractivity contribution is 5.86. The Labute approximate surface area is 168 Å². The lowest BCUT2D eigenvalue weighted by Gasteiger charge is -2.30. The van der Waals surface area contributed by atoms with E-state index in [-0.39, 0.29) is 25.3 Å². The quantitative estimate of drug-likeness (QED) is 0.349. The van der Waals surface area contributed by atoms with Crippen LogP contribution in [0.25, 0.3) is 0 Å². The average Bonchev–Trinajstić information content (AvgIpc) is 2.70. The fourth-order valence-electron chi connectivity index (χ4n) is 3.65. The van der Waals surface area contributed by atoms with Crippen LogP contribution in [0.2, 0.25) is 0 Å². The molecule has 0 aromatic heterocycles. The van der Waals surface area contributed by atoms with Gasteiger partial charge in [0.05, 0.1) is 19.3 Å². The first kappa shape index (κ1) is 22.4. The van der Waals surface area contributed by atoms with Crippen molar-refractivity contribution >= 4 is 5.97 Å². The second-order valence-corrected chi connectivity index (χ2v) is 7.45. The van der Waals surface area contributed by atoms with Gasteiger partial charge in [-0.15, -0.1) is 0 Å². The fraction of sp³-hybridized carbons (Fsp3) is 0.609. The third-order valence-corrected chi connectivity index (χ3v) is 5.10. The Kier molecular flexibility index (Phi) is 9.51. The van der Waals surface area contributed by atoms with Crippen LogP contribution in [0.15, 0.2) is 30.4 Å². The summed E-state index contributed by atoms with van der Waals surface area (Å²) < 4.78 is 16.8. The Balaban J connectivity index is 1.98. The Hall–Kier alpha value is -1.85. The molecule has 0 spiro atoms. The van der Waals surface area contributed by atoms with E-state index in [0.29, 0.717) is 24.7 Å². The number of carbonyl (C=O) groups is 1. The van der Waals surface area contributed by atoms with Crippen molar-refractivity contribution in [2.24, 2.45) is 0 Å². The summed E-state index contributed by atoms with van der Waals surface area (Å²) in [6, 6.07) is 6.52. The van der Waals surface area contributed by atoms with Gasteiger partial charge >= 0.3 is 5.97 Å². The van der Waals surface area contributed by atoms with Crippen molar-refractivity contribution in [1.82, 2.24) is 0 Å². The van der Waals surface area contributed by atoms with Crippen molar-refractivity contribution in [3.63, 3.8) is 0 Å². The van der Waals surface area contributed by atoms with Crippen LogP contribution in [0.4, 0.5) is 0 Å². The molecular weight excluding hydrogens is 356 g/mol. The maximum absolute atomic E-state index is 11.5. The van der Waals surface area contributed by atoms with Crippen molar-refractivity contribution in [1.29, 1.82) is 0 Å². The number of benzene rings is 1. The molecule has 5 nitrogen and oxygen atoms in total. The SMILES string of the molecule is C=C(C)C(=O)OCCOc1cc(CCC)ccc1C1CCC(OCCO)CC1. The summed E-state index contributed by atoms with van der Waals surface area (Å²) in [5, 5.41) is 8.92. The Morgan fingerprint density at radius 1 is 1.18 bits per heavy atom. The molecule has 1 aromatic rings. The van der Waals surface area contributed by atoms with E-state index in [2.05, 4.69) is 31.7 Å². The van der Waals surface area contributed by atoms with Crippen molar-refractivity contribution in [2.45, 2.75) is 64.4 Å². The van der Waals surface area contributed by atoms with Gasteiger partial charge in [0.1, 0.15) is 19.0 Å². The van der Waals surface area contributed by atoms with E-state index in [0.717, 1.165) is 44.3 Å². The monoisotopic (exact) mass is 390 g/mol. The van der Waals surface area contributed by atoms with E-state index in [1.54, 1.807) is 6.92 Å². The molecule has 1 aliphatic rings. The molecule has 0 aliphatic heterocycles. The molecule has 28 heavy (non-hydrogen) atoms. The second kappa shape index (κ2) is 11.9. The number of aliphatic hydroxyl groups is 1. The fourth-order valence-corrected chi connectivity index (χ4v) is 3.65. The van der Waals surface area contributed by atoms with Crippen LogP contribution in [-0.2, 0) is 20.7 Å². The van der Waals surface area contributed by atoms with Gasteiger partial charge in [-0.1, -0.05) is 32.1 Å². The van der Waals surface area contributed by atoms with E-state index in [9.17, 15) is 4.79 Å². The van der Waals surface area contributed by atoms with Gasteiger partial charge in [0.25, 0.3) is 0 Å². The number of hydrogen-bond acceptors (Lipinski definition) is 5. The number of rotatable bonds is 11. The second-order valence-electron chi connectivity index (χ2n) is 7.45. The van der Waals surface area contributed by atoms with Crippen LogP contribution in [0.1, 0.15) is 63.0 Å². The third-order valence-electron chi connectivity index (χ3n) is 5.10. The summed E-state index contributed by atoms with van der Waals surface area (Å²) in [6.07, 6.45) is 6.43. The molecule has 0 saturated heterocycles. The van der Waals surface area contributed by atoms with Crippen molar-refractivity contribution in [3.8, 4) is 5.75 Å². The molecule has 2 rings (SSSR count). The molecule has 0 unspecified atom stereocenters. The molecule has 1 N–H and O–H groups in total. The lowest BCUT2D eigenvalue weighted by Crippen LogP contribution is -2.22. The Morgan fingerprint density at radius 3 is 2.57 bits per heavy atom. The van der Waals surface area contributed by atoms with Gasteiger partial charge in [-0.05, 0) is 62.1 Å². The maximum Gasteiger partial charge on any atom is 0.333 e. The van der Waals surface area contributed by atoms with E-state index >= 15 is 0 Å². The van der Waals surface area contributed by atoms with Crippen LogP contribution in [0.5, 0.6) is 5.75 Å². The average molecular weight is 391 g/mol. The molecule has 1 saturated carbocycles. The summed E-state index contributed by atoms with van der Waals surface area (Å²) >= 11 is 0. The summed E-state index contributed by atoms with van der Waals surface area (Å²) in [5.41, 5.74) is 2.89. The van der Waals surface area contributed by atoms with Gasteiger partial charge in [0.2, 0.25) is 0 Å². The van der Waals surface area contributed by atoms with E-state index in [4.69, 9.17) is 19.3 Å². The molecule has 1 aromatic carbocycles. The predicted octanol–water partition coefficient (Wildman–Crippen LogP) is 4.17. The topological polar surface area (TPSA) is 65.0 Å². The smallest absolute Gasteiger partial charge is 0.333 e. The first-order valence-electron chi connectivity index (χ1n) is 10.4. The maximum atomic E-state index is 11.5. The first-order chi connectivity index (χ1) is 13.5. The number of aryl methyl sites for hydroxylation is 1. The molecule has 1 aliphatic carbocycles. The standard InChI is InChI=1S/C23H34O5/c1-4-5-18-6-11-21(19-7-9-20(10-8-19)26-13-12-24)22(16-18)27-14-15-28-23(25)17(2)3/h6,11,16,19-20,24H,2,4-5,7-10,12-15H2,1,3H3. The lowest BCUT2D eigenvalue weighted by molar-refractivity contribution is -0.139. The minimum absolute atomic E-state index is 0.0762. The largest absolute Gasteiger partial charge is 0.490 e. The van der Waals surface area contributed by atoms with Crippen LogP contribution >= 0.6 is 0 Å². The van der Waals surface area contributed by atoms with Gasteiger partial charge in [0, 0.05) is 5.57 Å². The zero-order valence-electron chi connectivity index (χ0n) is 17.2. The lowest BCUT2D eigenvalue weighted by atomic mass is 9.82. The highest BCUT2D eigenvalue weighted by Gasteiger charge is 2.25. The molecule has 0 amide bonds. The molecule has 0 radical (unpaired) electrons. The molecule has 1 fully saturated rings. The van der Waals surface area contributed by atoms with E-state index < -0.39 is 0 Å². The number of aliphatic hydroxyl groups excluding tert-OH is 1. The summed E-state index contributed by atoms with van der Waals surface area (Å²) in [7, 11) is 0. The van der Waals surface area contributed by atoms with Gasteiger partial charge < -0.3 is 19.3 Å². The number of hydrogen-bond donors (Lipinski definition) is 1. The molecule has 5 heteroatoms. The minimum Gasteiger partial charge on any atom is -0.490 e. The van der Waals surface area contributed by atoms with Crippen LogP contribution < -0.4 is 4.74 Å². The number of carbonyl (C=O) groups excluding carboxylic acids is 1. The zero-order valence-corrected chi connectivity index (χ0v) is 17.2. The summed E-state index contributed by atoms with van der Waals surface area (Å²) in [5.74, 6) is 0.958. The minimum atomic E-state index is -0.384. The molecule has 156 valence electrons. The predicted molar refractivity (Wildman–Crippen MR) is 110 cm³/mol. The highest BCUT2D eigenvalue weighted by Crippen LogP contribution is 2.39. The molecule has 0 bridgehead atoms. The number of esters is 1. The molecular formula is C23H34O5. The van der Waals surface area contributed by atoms with Crippen molar-refractivity contribution in [2.75, 3.05) is 26.4 Å². The summed E-state index contributed by atoms with van der Waals surface area (Å²) in [6.45, 7) is 8.42. The Bertz CT molecular complexity index is 632. The number of ether oxygens (including phenoxy) is 3. The van der Waals surface area contributed by atoms with Gasteiger partial charge in [0.15, 0.2) is 0 Å². The molecule has 0 atom stereocenters. The third kappa shape index (κ3) is 6.95. The van der Waals surface area contributed by atoms with Gasteiger partial charge in [-0.3, -0.25) is 0 Å². The van der Waals surface area contributed by atoms with Crippen LogP contribution in [0.3, 0.4) is 0 Å². The van der Waals surface area contributed by atoms with Crippen molar-refractivity contribution < 1.29 is 24.1 Å². The highest BCUT2D eigenvalue weighted by atomic mass is 16.6. The van der Waals surface area contributed by atoms with Gasteiger partial charge in [-0.2, -0.15) is 0 Å². The normalized spacial score (nSPS) is 19.2.